The summed E-state index contributed by atoms with van der Waals surface area (Å²) in [6, 6.07) is 4.22. The standard InChI is InChI=1S/C15H23NOS/c1-5-17-14-7-6-13(11(3)12(14)4)8-10(2)9-15(16)18/h6-7,10H,5,8-9H2,1-4H3,(H2,16,18). The quantitative estimate of drug-likeness (QED) is 0.799. The summed E-state index contributed by atoms with van der Waals surface area (Å²) in [7, 11) is 0. The van der Waals surface area contributed by atoms with E-state index in [4.69, 9.17) is 22.7 Å². The normalized spacial score (nSPS) is 12.2. The molecule has 1 aromatic carbocycles. The van der Waals surface area contributed by atoms with E-state index in [0.29, 0.717) is 17.5 Å². The molecule has 1 atom stereocenters. The molecule has 0 aliphatic heterocycles. The van der Waals surface area contributed by atoms with Crippen molar-refractivity contribution in [3.8, 4) is 5.75 Å². The second kappa shape index (κ2) is 6.74. The zero-order chi connectivity index (χ0) is 13.7. The molecular formula is C15H23NOS. The van der Waals surface area contributed by atoms with E-state index in [2.05, 4.69) is 32.9 Å². The van der Waals surface area contributed by atoms with Crippen molar-refractivity contribution >= 4 is 17.2 Å². The first-order valence-electron chi connectivity index (χ1n) is 6.45. The number of nitrogens with two attached hydrogens (primary N) is 1. The molecule has 1 unspecified atom stereocenters. The van der Waals surface area contributed by atoms with Gasteiger partial charge in [0.2, 0.25) is 0 Å². The average Bonchev–Trinajstić information content (AvgIpc) is 2.28. The maximum Gasteiger partial charge on any atom is 0.122 e. The van der Waals surface area contributed by atoms with Crippen LogP contribution in [-0.2, 0) is 6.42 Å². The molecule has 3 heteroatoms. The van der Waals surface area contributed by atoms with Gasteiger partial charge in [-0.3, -0.25) is 0 Å². The van der Waals surface area contributed by atoms with E-state index in [-0.39, 0.29) is 0 Å². The smallest absolute Gasteiger partial charge is 0.122 e. The molecule has 1 rings (SSSR count). The van der Waals surface area contributed by atoms with Gasteiger partial charge in [-0.1, -0.05) is 25.2 Å². The van der Waals surface area contributed by atoms with E-state index >= 15 is 0 Å². The summed E-state index contributed by atoms with van der Waals surface area (Å²) in [4.78, 5) is 0.600. The van der Waals surface area contributed by atoms with E-state index in [1.165, 1.54) is 16.7 Å². The molecule has 0 aliphatic rings. The number of hydrogen-bond acceptors (Lipinski definition) is 2. The van der Waals surface area contributed by atoms with Crippen LogP contribution in [0.2, 0.25) is 0 Å². The van der Waals surface area contributed by atoms with Crippen LogP contribution >= 0.6 is 12.2 Å². The molecule has 0 saturated heterocycles. The fourth-order valence-corrected chi connectivity index (χ4v) is 2.46. The number of rotatable bonds is 6. The van der Waals surface area contributed by atoms with Gasteiger partial charge in [0.15, 0.2) is 0 Å². The first-order valence-corrected chi connectivity index (χ1v) is 6.86. The van der Waals surface area contributed by atoms with E-state index in [0.717, 1.165) is 18.6 Å². The van der Waals surface area contributed by atoms with Gasteiger partial charge >= 0.3 is 0 Å². The Bertz CT molecular complexity index is 429. The maximum absolute atomic E-state index is 5.60. The average molecular weight is 265 g/mol. The lowest BCUT2D eigenvalue weighted by molar-refractivity contribution is 0.337. The lowest BCUT2D eigenvalue weighted by atomic mass is 9.93. The molecule has 0 bridgehead atoms. The summed E-state index contributed by atoms with van der Waals surface area (Å²) in [5, 5.41) is 0. The summed E-state index contributed by atoms with van der Waals surface area (Å²) in [5.41, 5.74) is 9.50. The minimum atomic E-state index is 0.485. The summed E-state index contributed by atoms with van der Waals surface area (Å²) in [6.45, 7) is 9.16. The molecule has 1 aromatic rings. The van der Waals surface area contributed by atoms with Gasteiger partial charge in [0, 0.05) is 6.42 Å². The first kappa shape index (κ1) is 15.0. The van der Waals surface area contributed by atoms with Crippen molar-refractivity contribution in [1.29, 1.82) is 0 Å². The van der Waals surface area contributed by atoms with Crippen LogP contribution in [0.5, 0.6) is 5.75 Å². The predicted molar refractivity (Wildman–Crippen MR) is 81.4 cm³/mol. The number of hydrogen-bond donors (Lipinski definition) is 1. The van der Waals surface area contributed by atoms with Gasteiger partial charge in [0.05, 0.1) is 11.6 Å². The molecule has 0 saturated carbocycles. The van der Waals surface area contributed by atoms with Gasteiger partial charge in [-0.2, -0.15) is 0 Å². The monoisotopic (exact) mass is 265 g/mol. The molecule has 0 spiro atoms. The molecule has 0 aliphatic carbocycles. The highest BCUT2D eigenvalue weighted by Gasteiger charge is 2.11. The maximum atomic E-state index is 5.60. The largest absolute Gasteiger partial charge is 0.494 e. The SMILES string of the molecule is CCOc1ccc(CC(C)CC(N)=S)c(C)c1C. The zero-order valence-electron chi connectivity index (χ0n) is 11.7. The summed E-state index contributed by atoms with van der Waals surface area (Å²) in [5.74, 6) is 1.47. The lowest BCUT2D eigenvalue weighted by Gasteiger charge is -2.16. The Morgan fingerprint density at radius 2 is 2.00 bits per heavy atom. The molecule has 0 fully saturated rings. The lowest BCUT2D eigenvalue weighted by Crippen LogP contribution is -2.14. The van der Waals surface area contributed by atoms with Gasteiger partial charge in [0.25, 0.3) is 0 Å². The third-order valence-electron chi connectivity index (χ3n) is 3.27. The van der Waals surface area contributed by atoms with E-state index in [9.17, 15) is 0 Å². The third kappa shape index (κ3) is 3.98. The molecule has 0 aromatic heterocycles. The minimum Gasteiger partial charge on any atom is -0.494 e. The molecule has 2 nitrogen and oxygen atoms in total. The Hall–Kier alpha value is -1.09. The Morgan fingerprint density at radius 1 is 1.33 bits per heavy atom. The second-order valence-corrected chi connectivity index (χ2v) is 5.41. The molecular weight excluding hydrogens is 242 g/mol. The van der Waals surface area contributed by atoms with E-state index in [1.807, 2.05) is 6.92 Å². The van der Waals surface area contributed by atoms with Crippen LogP contribution in [0.4, 0.5) is 0 Å². The Kier molecular flexibility index (Phi) is 5.60. The summed E-state index contributed by atoms with van der Waals surface area (Å²) < 4.78 is 5.60. The molecule has 0 amide bonds. The van der Waals surface area contributed by atoms with Gasteiger partial charge < -0.3 is 10.5 Å². The van der Waals surface area contributed by atoms with E-state index in [1.54, 1.807) is 0 Å². The zero-order valence-corrected chi connectivity index (χ0v) is 12.6. The molecule has 0 radical (unpaired) electrons. The molecule has 100 valence electrons. The van der Waals surface area contributed by atoms with Crippen molar-refractivity contribution in [3.63, 3.8) is 0 Å². The first-order chi connectivity index (χ1) is 8.45. The van der Waals surface area contributed by atoms with E-state index < -0.39 is 0 Å². The number of benzene rings is 1. The van der Waals surface area contributed by atoms with Gasteiger partial charge in [-0.15, -0.1) is 0 Å². The van der Waals surface area contributed by atoms with Crippen molar-refractivity contribution in [2.24, 2.45) is 11.7 Å². The van der Waals surface area contributed by atoms with Gasteiger partial charge in [0.1, 0.15) is 5.75 Å². The number of ether oxygens (including phenoxy) is 1. The molecule has 2 N–H and O–H groups in total. The summed E-state index contributed by atoms with van der Waals surface area (Å²) >= 11 is 4.96. The second-order valence-electron chi connectivity index (χ2n) is 4.89. The van der Waals surface area contributed by atoms with Crippen molar-refractivity contribution in [2.75, 3.05) is 6.61 Å². The van der Waals surface area contributed by atoms with Crippen LogP contribution in [0.1, 0.15) is 37.0 Å². The van der Waals surface area contributed by atoms with Crippen LogP contribution in [0.25, 0.3) is 0 Å². The highest BCUT2D eigenvalue weighted by atomic mass is 32.1. The predicted octanol–water partition coefficient (Wildman–Crippen LogP) is 3.56. The van der Waals surface area contributed by atoms with Crippen LogP contribution < -0.4 is 10.5 Å². The molecule has 18 heavy (non-hydrogen) atoms. The number of thiocarbonyl (C=S) groups is 1. The Labute approximate surface area is 116 Å². The van der Waals surface area contributed by atoms with Crippen LogP contribution in [0.15, 0.2) is 12.1 Å². The Balaban J connectivity index is 2.85. The van der Waals surface area contributed by atoms with Gasteiger partial charge in [-0.25, -0.2) is 0 Å². The van der Waals surface area contributed by atoms with Crippen LogP contribution in [-0.4, -0.2) is 11.6 Å². The highest BCUT2D eigenvalue weighted by Crippen LogP contribution is 2.26. The van der Waals surface area contributed by atoms with Crippen molar-refractivity contribution in [2.45, 2.75) is 40.5 Å². The third-order valence-corrected chi connectivity index (χ3v) is 3.43. The minimum absolute atomic E-state index is 0.485. The Morgan fingerprint density at radius 3 is 2.56 bits per heavy atom. The molecule has 0 heterocycles. The summed E-state index contributed by atoms with van der Waals surface area (Å²) in [6.07, 6.45) is 1.82. The highest BCUT2D eigenvalue weighted by molar-refractivity contribution is 7.80. The van der Waals surface area contributed by atoms with Gasteiger partial charge in [-0.05, 0) is 55.9 Å². The van der Waals surface area contributed by atoms with Crippen molar-refractivity contribution in [1.82, 2.24) is 0 Å². The van der Waals surface area contributed by atoms with Crippen LogP contribution in [0.3, 0.4) is 0 Å². The topological polar surface area (TPSA) is 35.2 Å². The van der Waals surface area contributed by atoms with Crippen molar-refractivity contribution in [3.05, 3.63) is 28.8 Å². The van der Waals surface area contributed by atoms with Crippen LogP contribution in [0, 0.1) is 19.8 Å². The fraction of sp³-hybridized carbons (Fsp3) is 0.533. The fourth-order valence-electron chi connectivity index (χ4n) is 2.18. The van der Waals surface area contributed by atoms with Crippen molar-refractivity contribution < 1.29 is 4.74 Å².